The van der Waals surface area contributed by atoms with E-state index in [4.69, 9.17) is 16.7 Å². The fourth-order valence-corrected chi connectivity index (χ4v) is 1.90. The lowest BCUT2D eigenvalue weighted by Crippen LogP contribution is -2.23. The second-order valence-electron chi connectivity index (χ2n) is 3.22. The summed E-state index contributed by atoms with van der Waals surface area (Å²) in [6, 6.07) is 5.67. The van der Waals surface area contributed by atoms with E-state index >= 15 is 0 Å². The smallest absolute Gasteiger partial charge is 0.0636 e. The van der Waals surface area contributed by atoms with E-state index in [0.29, 0.717) is 6.54 Å². The number of rotatable bonds is 4. The van der Waals surface area contributed by atoms with Crippen LogP contribution in [0.25, 0.3) is 0 Å². The van der Waals surface area contributed by atoms with Gasteiger partial charge in [0.15, 0.2) is 0 Å². The van der Waals surface area contributed by atoms with Gasteiger partial charge in [0, 0.05) is 22.6 Å². The molecule has 0 saturated carbocycles. The Kier molecular flexibility index (Phi) is 4.89. The van der Waals surface area contributed by atoms with E-state index in [1.165, 1.54) is 0 Å². The van der Waals surface area contributed by atoms with Crippen molar-refractivity contribution in [1.29, 1.82) is 0 Å². The van der Waals surface area contributed by atoms with Crippen LogP contribution in [-0.2, 0) is 6.54 Å². The van der Waals surface area contributed by atoms with Gasteiger partial charge in [-0.1, -0.05) is 33.6 Å². The molecule has 2 nitrogen and oxygen atoms in total. The number of hydrogen-bond acceptors (Lipinski definition) is 2. The number of halogens is 2. The number of benzene rings is 1. The van der Waals surface area contributed by atoms with Gasteiger partial charge in [-0.05, 0) is 24.6 Å². The van der Waals surface area contributed by atoms with Gasteiger partial charge in [-0.15, -0.1) is 0 Å². The molecule has 0 aliphatic carbocycles. The van der Waals surface area contributed by atoms with Gasteiger partial charge in [-0.2, -0.15) is 0 Å². The summed E-state index contributed by atoms with van der Waals surface area (Å²) in [6.07, 6.45) is -0.318. The standard InChI is InChI=1S/C10H13BrClNO/c1-7(14)5-13-6-8-2-3-9(12)4-10(8)11/h2-4,7,13-14H,5-6H2,1H3. The second kappa shape index (κ2) is 5.71. The first kappa shape index (κ1) is 12.0. The minimum atomic E-state index is -0.318. The Morgan fingerprint density at radius 2 is 2.29 bits per heavy atom. The maximum absolute atomic E-state index is 9.05. The molecule has 2 N–H and O–H groups in total. The van der Waals surface area contributed by atoms with Gasteiger partial charge in [-0.3, -0.25) is 0 Å². The third-order valence-electron chi connectivity index (χ3n) is 1.77. The summed E-state index contributed by atoms with van der Waals surface area (Å²) < 4.78 is 0.989. The minimum Gasteiger partial charge on any atom is -0.392 e. The highest BCUT2D eigenvalue weighted by Gasteiger charge is 2.01. The average Bonchev–Trinajstić information content (AvgIpc) is 2.08. The van der Waals surface area contributed by atoms with Gasteiger partial charge in [0.1, 0.15) is 0 Å². The first-order valence-corrected chi connectivity index (χ1v) is 5.59. The third kappa shape index (κ3) is 3.96. The first-order chi connectivity index (χ1) is 6.59. The Balaban J connectivity index is 2.51. The molecule has 0 spiro atoms. The van der Waals surface area contributed by atoms with Crippen molar-refractivity contribution in [3.63, 3.8) is 0 Å². The Bertz CT molecular complexity index is 304. The van der Waals surface area contributed by atoms with E-state index in [-0.39, 0.29) is 6.10 Å². The topological polar surface area (TPSA) is 32.3 Å². The summed E-state index contributed by atoms with van der Waals surface area (Å²) in [6.45, 7) is 3.07. The van der Waals surface area contributed by atoms with Crippen LogP contribution < -0.4 is 5.32 Å². The molecule has 1 aromatic carbocycles. The van der Waals surface area contributed by atoms with E-state index in [9.17, 15) is 0 Å². The molecule has 1 rings (SSSR count). The molecule has 1 atom stereocenters. The van der Waals surface area contributed by atoms with E-state index in [1.54, 1.807) is 6.92 Å². The van der Waals surface area contributed by atoms with Crippen LogP contribution in [0.15, 0.2) is 22.7 Å². The van der Waals surface area contributed by atoms with Crippen molar-refractivity contribution < 1.29 is 5.11 Å². The van der Waals surface area contributed by atoms with Crippen LogP contribution in [-0.4, -0.2) is 17.8 Å². The molecule has 0 amide bonds. The zero-order valence-corrected chi connectivity index (χ0v) is 10.3. The molecule has 4 heteroatoms. The van der Waals surface area contributed by atoms with Crippen LogP contribution in [0.5, 0.6) is 0 Å². The van der Waals surface area contributed by atoms with Crippen molar-refractivity contribution in [3.8, 4) is 0 Å². The van der Waals surface area contributed by atoms with Crippen molar-refractivity contribution in [1.82, 2.24) is 5.32 Å². The highest BCUT2D eigenvalue weighted by molar-refractivity contribution is 9.10. The largest absolute Gasteiger partial charge is 0.392 e. The van der Waals surface area contributed by atoms with Crippen LogP contribution in [0.4, 0.5) is 0 Å². The van der Waals surface area contributed by atoms with E-state index in [2.05, 4.69) is 21.2 Å². The molecular formula is C10H13BrClNO. The lowest BCUT2D eigenvalue weighted by Gasteiger charge is -2.08. The van der Waals surface area contributed by atoms with Gasteiger partial charge < -0.3 is 10.4 Å². The normalized spacial score (nSPS) is 12.9. The van der Waals surface area contributed by atoms with Gasteiger partial charge in [0.25, 0.3) is 0 Å². The Morgan fingerprint density at radius 3 is 2.86 bits per heavy atom. The molecule has 0 aliphatic heterocycles. The quantitative estimate of drug-likeness (QED) is 0.887. The SMILES string of the molecule is CC(O)CNCc1ccc(Cl)cc1Br. The molecule has 14 heavy (non-hydrogen) atoms. The maximum atomic E-state index is 9.05. The van der Waals surface area contributed by atoms with Crippen LogP contribution in [0, 0.1) is 0 Å². The van der Waals surface area contributed by atoms with Crippen molar-refractivity contribution >= 4 is 27.5 Å². The van der Waals surface area contributed by atoms with Crippen molar-refractivity contribution in [2.45, 2.75) is 19.6 Å². The molecule has 0 aromatic heterocycles. The fourth-order valence-electron chi connectivity index (χ4n) is 1.08. The summed E-state index contributed by atoms with van der Waals surface area (Å²) in [5.74, 6) is 0. The summed E-state index contributed by atoms with van der Waals surface area (Å²) in [5.41, 5.74) is 1.13. The predicted molar refractivity (Wildman–Crippen MR) is 62.5 cm³/mol. The molecule has 1 unspecified atom stereocenters. The Hall–Kier alpha value is -0.0900. The average molecular weight is 279 g/mol. The number of hydrogen-bond donors (Lipinski definition) is 2. The first-order valence-electron chi connectivity index (χ1n) is 4.42. The van der Waals surface area contributed by atoms with Crippen molar-refractivity contribution in [3.05, 3.63) is 33.3 Å². The van der Waals surface area contributed by atoms with Crippen LogP contribution in [0.3, 0.4) is 0 Å². The number of aliphatic hydroxyl groups excluding tert-OH is 1. The molecule has 0 aliphatic rings. The highest BCUT2D eigenvalue weighted by Crippen LogP contribution is 2.21. The summed E-state index contributed by atoms with van der Waals surface area (Å²) in [4.78, 5) is 0. The van der Waals surface area contributed by atoms with Crippen LogP contribution in [0.2, 0.25) is 5.02 Å². The van der Waals surface area contributed by atoms with Gasteiger partial charge in [0.2, 0.25) is 0 Å². The number of aliphatic hydroxyl groups is 1. The molecule has 0 bridgehead atoms. The second-order valence-corrected chi connectivity index (χ2v) is 4.51. The lowest BCUT2D eigenvalue weighted by atomic mass is 10.2. The van der Waals surface area contributed by atoms with Crippen LogP contribution >= 0.6 is 27.5 Å². The van der Waals surface area contributed by atoms with Crippen molar-refractivity contribution in [2.75, 3.05) is 6.54 Å². The molecule has 0 heterocycles. The summed E-state index contributed by atoms with van der Waals surface area (Å²) >= 11 is 9.24. The van der Waals surface area contributed by atoms with Gasteiger partial charge >= 0.3 is 0 Å². The Labute approximate surface area is 97.4 Å². The fraction of sp³-hybridized carbons (Fsp3) is 0.400. The number of nitrogens with one attached hydrogen (secondary N) is 1. The maximum Gasteiger partial charge on any atom is 0.0636 e. The minimum absolute atomic E-state index is 0.318. The van der Waals surface area contributed by atoms with E-state index in [1.807, 2.05) is 18.2 Å². The van der Waals surface area contributed by atoms with Gasteiger partial charge in [0.05, 0.1) is 6.10 Å². The summed E-state index contributed by atoms with van der Waals surface area (Å²) in [5, 5.41) is 12.9. The van der Waals surface area contributed by atoms with E-state index < -0.39 is 0 Å². The third-order valence-corrected chi connectivity index (χ3v) is 2.74. The zero-order chi connectivity index (χ0) is 10.6. The molecule has 0 fully saturated rings. The molecule has 0 saturated heterocycles. The lowest BCUT2D eigenvalue weighted by molar-refractivity contribution is 0.191. The molecule has 78 valence electrons. The zero-order valence-electron chi connectivity index (χ0n) is 7.93. The Morgan fingerprint density at radius 1 is 1.57 bits per heavy atom. The van der Waals surface area contributed by atoms with Crippen molar-refractivity contribution in [2.24, 2.45) is 0 Å². The summed E-state index contributed by atoms with van der Waals surface area (Å²) in [7, 11) is 0. The highest BCUT2D eigenvalue weighted by atomic mass is 79.9. The molecular weight excluding hydrogens is 265 g/mol. The monoisotopic (exact) mass is 277 g/mol. The predicted octanol–water partition coefficient (Wildman–Crippen LogP) is 2.57. The molecule has 0 radical (unpaired) electrons. The van der Waals surface area contributed by atoms with E-state index in [0.717, 1.165) is 21.6 Å². The molecule has 1 aromatic rings. The van der Waals surface area contributed by atoms with Gasteiger partial charge in [-0.25, -0.2) is 0 Å². The van der Waals surface area contributed by atoms with Crippen LogP contribution in [0.1, 0.15) is 12.5 Å².